The first-order valence-electron chi connectivity index (χ1n) is 6.75. The minimum atomic E-state index is 0.114. The van der Waals surface area contributed by atoms with Crippen LogP contribution in [-0.4, -0.2) is 18.4 Å². The molecule has 18 heavy (non-hydrogen) atoms. The van der Waals surface area contributed by atoms with Crippen molar-refractivity contribution in [1.82, 2.24) is 0 Å². The molecule has 1 fully saturated rings. The second-order valence-electron chi connectivity index (χ2n) is 5.30. The van der Waals surface area contributed by atoms with Crippen molar-refractivity contribution in [3.05, 3.63) is 29.8 Å². The molecule has 0 spiro atoms. The van der Waals surface area contributed by atoms with E-state index in [-0.39, 0.29) is 5.78 Å². The Balaban J connectivity index is 1.81. The van der Waals surface area contributed by atoms with Gasteiger partial charge in [-0.3, -0.25) is 4.79 Å². The Morgan fingerprint density at radius 2 is 1.83 bits per heavy atom. The van der Waals surface area contributed by atoms with Crippen LogP contribution in [0.1, 0.15) is 43.0 Å². The van der Waals surface area contributed by atoms with Gasteiger partial charge in [0.25, 0.3) is 0 Å². The van der Waals surface area contributed by atoms with Gasteiger partial charge < -0.3 is 11.1 Å². The Morgan fingerprint density at radius 1 is 1.22 bits per heavy atom. The topological polar surface area (TPSA) is 55.1 Å². The molecule has 2 rings (SSSR count). The summed E-state index contributed by atoms with van der Waals surface area (Å²) in [7, 11) is 0. The van der Waals surface area contributed by atoms with Crippen LogP contribution in [0.25, 0.3) is 0 Å². The van der Waals surface area contributed by atoms with Crippen LogP contribution < -0.4 is 11.1 Å². The van der Waals surface area contributed by atoms with Crippen molar-refractivity contribution in [2.75, 3.05) is 11.9 Å². The molecular weight excluding hydrogens is 224 g/mol. The van der Waals surface area contributed by atoms with Gasteiger partial charge in [0.1, 0.15) is 0 Å². The first kappa shape index (κ1) is 13.1. The highest BCUT2D eigenvalue weighted by atomic mass is 16.1. The van der Waals surface area contributed by atoms with Crippen molar-refractivity contribution in [2.24, 2.45) is 11.7 Å². The van der Waals surface area contributed by atoms with E-state index < -0.39 is 0 Å². The number of Topliss-reactive ketones (excluding diaryl/α,β-unsaturated/α-hetero) is 1. The molecule has 0 heterocycles. The van der Waals surface area contributed by atoms with Crippen LogP contribution in [-0.2, 0) is 0 Å². The second-order valence-corrected chi connectivity index (χ2v) is 5.30. The van der Waals surface area contributed by atoms with Gasteiger partial charge in [0, 0.05) is 23.8 Å². The molecule has 0 saturated heterocycles. The summed E-state index contributed by atoms with van der Waals surface area (Å²) in [5.41, 5.74) is 7.76. The van der Waals surface area contributed by atoms with Gasteiger partial charge in [-0.15, -0.1) is 0 Å². The number of hydrogen-bond acceptors (Lipinski definition) is 3. The first-order valence-corrected chi connectivity index (χ1v) is 6.75. The number of carbonyl (C=O) groups excluding carboxylic acids is 1. The fourth-order valence-corrected chi connectivity index (χ4v) is 2.48. The number of hydrogen-bond donors (Lipinski definition) is 2. The average Bonchev–Trinajstić information content (AvgIpc) is 2.38. The van der Waals surface area contributed by atoms with Crippen LogP contribution in [0.4, 0.5) is 5.69 Å². The Labute approximate surface area is 109 Å². The lowest BCUT2D eigenvalue weighted by Crippen LogP contribution is -2.29. The van der Waals surface area contributed by atoms with Crippen LogP contribution in [0.3, 0.4) is 0 Å². The summed E-state index contributed by atoms with van der Waals surface area (Å²) in [6.07, 6.45) is 4.74. The molecule has 0 atom stereocenters. The lowest BCUT2D eigenvalue weighted by molar-refractivity contribution is 0.101. The van der Waals surface area contributed by atoms with Crippen molar-refractivity contribution in [1.29, 1.82) is 0 Å². The van der Waals surface area contributed by atoms with E-state index >= 15 is 0 Å². The lowest BCUT2D eigenvalue weighted by Gasteiger charge is -2.26. The van der Waals surface area contributed by atoms with Gasteiger partial charge in [0.05, 0.1) is 0 Å². The molecule has 3 N–H and O–H groups in total. The van der Waals surface area contributed by atoms with Gasteiger partial charge in [-0.05, 0) is 62.8 Å². The maximum atomic E-state index is 11.2. The van der Waals surface area contributed by atoms with Crippen LogP contribution in [0.2, 0.25) is 0 Å². The number of nitrogens with one attached hydrogen (secondary N) is 1. The van der Waals surface area contributed by atoms with E-state index in [0.29, 0.717) is 6.04 Å². The maximum absolute atomic E-state index is 11.2. The van der Waals surface area contributed by atoms with E-state index in [1.54, 1.807) is 6.92 Å². The molecule has 0 amide bonds. The fourth-order valence-electron chi connectivity index (χ4n) is 2.48. The number of carbonyl (C=O) groups is 1. The predicted molar refractivity (Wildman–Crippen MR) is 74.9 cm³/mol. The van der Waals surface area contributed by atoms with Crippen molar-refractivity contribution in [2.45, 2.75) is 38.6 Å². The summed E-state index contributed by atoms with van der Waals surface area (Å²) in [6.45, 7) is 2.60. The van der Waals surface area contributed by atoms with Crippen LogP contribution in [0.15, 0.2) is 24.3 Å². The zero-order chi connectivity index (χ0) is 13.0. The third kappa shape index (κ3) is 3.57. The van der Waals surface area contributed by atoms with E-state index in [4.69, 9.17) is 5.73 Å². The van der Waals surface area contributed by atoms with Crippen molar-refractivity contribution >= 4 is 11.5 Å². The first-order chi connectivity index (χ1) is 8.65. The SMILES string of the molecule is CC(=O)c1ccc(NCC2CCC(N)CC2)cc1. The predicted octanol–water partition coefficient (Wildman–Crippen LogP) is 2.82. The fraction of sp³-hybridized carbons (Fsp3) is 0.533. The smallest absolute Gasteiger partial charge is 0.159 e. The molecule has 0 unspecified atom stereocenters. The van der Waals surface area contributed by atoms with E-state index in [1.165, 1.54) is 12.8 Å². The molecule has 98 valence electrons. The summed E-state index contributed by atoms with van der Waals surface area (Å²) < 4.78 is 0. The molecule has 1 aromatic rings. The van der Waals surface area contributed by atoms with E-state index in [9.17, 15) is 4.79 Å². The third-order valence-corrected chi connectivity index (χ3v) is 3.78. The molecule has 3 heteroatoms. The minimum Gasteiger partial charge on any atom is -0.385 e. The summed E-state index contributed by atoms with van der Waals surface area (Å²) >= 11 is 0. The number of anilines is 1. The van der Waals surface area contributed by atoms with Crippen molar-refractivity contribution < 1.29 is 4.79 Å². The van der Waals surface area contributed by atoms with Gasteiger partial charge in [-0.2, -0.15) is 0 Å². The number of rotatable bonds is 4. The second kappa shape index (κ2) is 6.01. The minimum absolute atomic E-state index is 0.114. The van der Waals surface area contributed by atoms with Gasteiger partial charge in [-0.1, -0.05) is 0 Å². The normalized spacial score (nSPS) is 23.7. The van der Waals surface area contributed by atoms with Gasteiger partial charge in [0.2, 0.25) is 0 Å². The molecule has 0 aromatic heterocycles. The molecule has 0 aliphatic heterocycles. The molecule has 0 radical (unpaired) electrons. The van der Waals surface area contributed by atoms with Crippen molar-refractivity contribution in [3.8, 4) is 0 Å². The molecule has 1 saturated carbocycles. The Hall–Kier alpha value is -1.35. The van der Waals surface area contributed by atoms with E-state index in [2.05, 4.69) is 5.32 Å². The lowest BCUT2D eigenvalue weighted by atomic mass is 9.86. The Morgan fingerprint density at radius 3 is 2.39 bits per heavy atom. The molecule has 0 bridgehead atoms. The Bertz CT molecular complexity index is 391. The standard InChI is InChI=1S/C15H22N2O/c1-11(18)13-4-8-15(9-5-13)17-10-12-2-6-14(16)7-3-12/h4-5,8-9,12,14,17H,2-3,6-7,10,16H2,1H3. The summed E-state index contributed by atoms with van der Waals surface area (Å²) in [4.78, 5) is 11.2. The third-order valence-electron chi connectivity index (χ3n) is 3.78. The van der Waals surface area contributed by atoms with Crippen LogP contribution >= 0.6 is 0 Å². The van der Waals surface area contributed by atoms with Gasteiger partial charge >= 0.3 is 0 Å². The van der Waals surface area contributed by atoms with Crippen LogP contribution in [0, 0.1) is 5.92 Å². The highest BCUT2D eigenvalue weighted by Gasteiger charge is 2.17. The molecular formula is C15H22N2O. The van der Waals surface area contributed by atoms with Gasteiger partial charge in [-0.25, -0.2) is 0 Å². The van der Waals surface area contributed by atoms with E-state index in [1.807, 2.05) is 24.3 Å². The van der Waals surface area contributed by atoms with Gasteiger partial charge in [0.15, 0.2) is 5.78 Å². The highest BCUT2D eigenvalue weighted by Crippen LogP contribution is 2.23. The molecule has 1 aromatic carbocycles. The zero-order valence-electron chi connectivity index (χ0n) is 11.0. The Kier molecular flexibility index (Phi) is 4.37. The summed E-state index contributed by atoms with van der Waals surface area (Å²) in [6, 6.07) is 8.12. The highest BCUT2D eigenvalue weighted by molar-refractivity contribution is 5.94. The number of ketones is 1. The summed E-state index contributed by atoms with van der Waals surface area (Å²) in [5, 5.41) is 3.44. The average molecular weight is 246 g/mol. The molecule has 1 aliphatic carbocycles. The molecule has 1 aliphatic rings. The van der Waals surface area contributed by atoms with Crippen molar-refractivity contribution in [3.63, 3.8) is 0 Å². The maximum Gasteiger partial charge on any atom is 0.159 e. The van der Waals surface area contributed by atoms with E-state index in [0.717, 1.165) is 36.6 Å². The largest absolute Gasteiger partial charge is 0.385 e. The summed E-state index contributed by atoms with van der Waals surface area (Å²) in [5.74, 6) is 0.847. The number of benzene rings is 1. The zero-order valence-corrected chi connectivity index (χ0v) is 11.0. The van der Waals surface area contributed by atoms with Crippen LogP contribution in [0.5, 0.6) is 0 Å². The monoisotopic (exact) mass is 246 g/mol. The molecule has 3 nitrogen and oxygen atoms in total. The quantitative estimate of drug-likeness (QED) is 0.803. The number of nitrogens with two attached hydrogens (primary N) is 1.